The van der Waals surface area contributed by atoms with Gasteiger partial charge in [-0.2, -0.15) is 5.26 Å². The Morgan fingerprint density at radius 1 is 1.14 bits per heavy atom. The lowest BCUT2D eigenvalue weighted by Crippen LogP contribution is -2.50. The van der Waals surface area contributed by atoms with Crippen LogP contribution in [0.3, 0.4) is 0 Å². The van der Waals surface area contributed by atoms with Crippen LogP contribution in [0.25, 0.3) is 0 Å². The summed E-state index contributed by atoms with van der Waals surface area (Å²) in [4.78, 5) is 2.48. The molecule has 2 aromatic carbocycles. The van der Waals surface area contributed by atoms with Crippen LogP contribution in [-0.2, 0) is 17.9 Å². The van der Waals surface area contributed by atoms with Crippen molar-refractivity contribution >= 4 is 0 Å². The molecular weight excluding hydrogens is 350 g/mol. The van der Waals surface area contributed by atoms with Gasteiger partial charge in [-0.05, 0) is 37.6 Å². The van der Waals surface area contributed by atoms with E-state index in [-0.39, 0.29) is 0 Å². The van der Waals surface area contributed by atoms with E-state index in [4.69, 9.17) is 9.47 Å². The van der Waals surface area contributed by atoms with Crippen molar-refractivity contribution in [3.8, 4) is 11.8 Å². The molecule has 5 nitrogen and oxygen atoms in total. The molecule has 0 amide bonds. The maximum absolute atomic E-state index is 9.20. The molecule has 28 heavy (non-hydrogen) atoms. The van der Waals surface area contributed by atoms with Crippen molar-refractivity contribution in [1.29, 1.82) is 5.26 Å². The fourth-order valence-electron chi connectivity index (χ4n) is 3.41. The molecule has 0 saturated carbocycles. The van der Waals surface area contributed by atoms with Crippen molar-refractivity contribution in [3.05, 3.63) is 65.2 Å². The second-order valence-corrected chi connectivity index (χ2v) is 7.26. The first kappa shape index (κ1) is 20.3. The molecule has 3 rings (SSSR count). The van der Waals surface area contributed by atoms with Gasteiger partial charge in [0.1, 0.15) is 12.4 Å². The molecule has 148 valence electrons. The molecule has 0 aliphatic carbocycles. The number of rotatable bonds is 8. The van der Waals surface area contributed by atoms with Gasteiger partial charge in [0.15, 0.2) is 0 Å². The highest BCUT2D eigenvalue weighted by Gasteiger charge is 2.21. The molecule has 0 aromatic heterocycles. The number of hydrogen-bond acceptors (Lipinski definition) is 5. The monoisotopic (exact) mass is 379 g/mol. The number of nitrogens with one attached hydrogen (secondary N) is 1. The quantitative estimate of drug-likeness (QED) is 0.762. The summed E-state index contributed by atoms with van der Waals surface area (Å²) in [6, 6.07) is 18.7. The minimum atomic E-state index is 0.380. The molecule has 2 aromatic rings. The van der Waals surface area contributed by atoms with Crippen molar-refractivity contribution in [2.45, 2.75) is 39.1 Å². The summed E-state index contributed by atoms with van der Waals surface area (Å²) >= 11 is 0. The summed E-state index contributed by atoms with van der Waals surface area (Å²) in [5.41, 5.74) is 2.75. The maximum Gasteiger partial charge on any atom is 0.120 e. The van der Waals surface area contributed by atoms with Gasteiger partial charge < -0.3 is 14.8 Å². The lowest BCUT2D eigenvalue weighted by Gasteiger charge is -2.36. The van der Waals surface area contributed by atoms with Crippen LogP contribution in [0.15, 0.2) is 48.5 Å². The van der Waals surface area contributed by atoms with E-state index in [0.717, 1.165) is 44.2 Å². The van der Waals surface area contributed by atoms with Crippen molar-refractivity contribution in [3.63, 3.8) is 0 Å². The standard InChI is InChI=1S/C23H29N3O2/c1-18(19(2)26-10-12-27-13-11-26)25-16-20-6-5-9-23(14-20)28-17-22-8-4-3-7-21(22)15-24/h3-9,14,18-19,25H,10-13,16-17H2,1-2H3. The van der Waals surface area contributed by atoms with E-state index in [1.165, 1.54) is 5.56 Å². The Kier molecular flexibility index (Phi) is 7.44. The molecule has 2 atom stereocenters. The number of benzene rings is 2. The summed E-state index contributed by atoms with van der Waals surface area (Å²) in [6.45, 7) is 9.35. The smallest absolute Gasteiger partial charge is 0.120 e. The Morgan fingerprint density at radius 3 is 2.71 bits per heavy atom. The predicted octanol–water partition coefficient (Wildman–Crippen LogP) is 3.34. The molecule has 2 unspecified atom stereocenters. The van der Waals surface area contributed by atoms with Gasteiger partial charge in [-0.15, -0.1) is 0 Å². The van der Waals surface area contributed by atoms with Crippen LogP contribution >= 0.6 is 0 Å². The van der Waals surface area contributed by atoms with Gasteiger partial charge in [-0.1, -0.05) is 30.3 Å². The molecule has 5 heteroatoms. The topological polar surface area (TPSA) is 57.5 Å². The van der Waals surface area contributed by atoms with Crippen LogP contribution < -0.4 is 10.1 Å². The molecule has 1 N–H and O–H groups in total. The minimum absolute atomic E-state index is 0.380. The van der Waals surface area contributed by atoms with Crippen LogP contribution in [0.2, 0.25) is 0 Å². The molecule has 1 fully saturated rings. The Balaban J connectivity index is 1.52. The minimum Gasteiger partial charge on any atom is -0.489 e. The van der Waals surface area contributed by atoms with Crippen molar-refractivity contribution in [2.24, 2.45) is 0 Å². The maximum atomic E-state index is 9.20. The Hall–Kier alpha value is -2.39. The zero-order valence-corrected chi connectivity index (χ0v) is 16.7. The van der Waals surface area contributed by atoms with Gasteiger partial charge in [0, 0.05) is 37.3 Å². The van der Waals surface area contributed by atoms with Gasteiger partial charge in [0.25, 0.3) is 0 Å². The highest BCUT2D eigenvalue weighted by molar-refractivity contribution is 5.37. The fraction of sp³-hybridized carbons (Fsp3) is 0.435. The van der Waals surface area contributed by atoms with Gasteiger partial charge in [-0.25, -0.2) is 0 Å². The second-order valence-electron chi connectivity index (χ2n) is 7.26. The zero-order valence-electron chi connectivity index (χ0n) is 16.7. The zero-order chi connectivity index (χ0) is 19.8. The molecule has 1 aliphatic rings. The summed E-state index contributed by atoms with van der Waals surface area (Å²) < 4.78 is 11.4. The fourth-order valence-corrected chi connectivity index (χ4v) is 3.41. The number of hydrogen-bond donors (Lipinski definition) is 1. The van der Waals surface area contributed by atoms with Gasteiger partial charge in [-0.3, -0.25) is 4.90 Å². The summed E-state index contributed by atoms with van der Waals surface area (Å²) in [5, 5.41) is 12.8. The lowest BCUT2D eigenvalue weighted by molar-refractivity contribution is 0.0135. The van der Waals surface area contributed by atoms with Gasteiger partial charge >= 0.3 is 0 Å². The van der Waals surface area contributed by atoms with Crippen LogP contribution in [-0.4, -0.2) is 43.3 Å². The first-order chi connectivity index (χ1) is 13.7. The Labute approximate surface area is 167 Å². The number of morpholine rings is 1. The first-order valence-corrected chi connectivity index (χ1v) is 9.92. The number of ether oxygens (including phenoxy) is 2. The molecule has 0 radical (unpaired) electrons. The summed E-state index contributed by atoms with van der Waals surface area (Å²) in [6.07, 6.45) is 0. The third-order valence-electron chi connectivity index (χ3n) is 5.40. The van der Waals surface area contributed by atoms with Crippen LogP contribution in [0.1, 0.15) is 30.5 Å². The van der Waals surface area contributed by atoms with E-state index >= 15 is 0 Å². The van der Waals surface area contributed by atoms with Crippen molar-refractivity contribution < 1.29 is 9.47 Å². The van der Waals surface area contributed by atoms with Gasteiger partial charge in [0.05, 0.1) is 24.8 Å². The normalized spacial score (nSPS) is 16.9. The van der Waals surface area contributed by atoms with Crippen LogP contribution in [0.4, 0.5) is 0 Å². The van der Waals surface area contributed by atoms with E-state index in [2.05, 4.69) is 42.3 Å². The molecule has 1 aliphatic heterocycles. The van der Waals surface area contributed by atoms with E-state index < -0.39 is 0 Å². The van der Waals surface area contributed by atoms with Gasteiger partial charge in [0.2, 0.25) is 0 Å². The number of nitrogens with zero attached hydrogens (tertiary/aromatic N) is 2. The van der Waals surface area contributed by atoms with E-state index in [9.17, 15) is 5.26 Å². The first-order valence-electron chi connectivity index (χ1n) is 9.92. The summed E-state index contributed by atoms with van der Waals surface area (Å²) in [7, 11) is 0. The summed E-state index contributed by atoms with van der Waals surface area (Å²) in [5.74, 6) is 0.820. The second kappa shape index (κ2) is 10.2. The third-order valence-corrected chi connectivity index (χ3v) is 5.40. The Bertz CT molecular complexity index is 796. The number of nitriles is 1. The largest absolute Gasteiger partial charge is 0.489 e. The highest BCUT2D eigenvalue weighted by atomic mass is 16.5. The third kappa shape index (κ3) is 5.56. The van der Waals surface area contributed by atoms with Crippen LogP contribution in [0.5, 0.6) is 5.75 Å². The van der Waals surface area contributed by atoms with E-state index in [0.29, 0.717) is 24.3 Å². The molecular formula is C23H29N3O2. The predicted molar refractivity (Wildman–Crippen MR) is 110 cm³/mol. The van der Waals surface area contributed by atoms with Crippen molar-refractivity contribution in [2.75, 3.05) is 26.3 Å². The Morgan fingerprint density at radius 2 is 1.93 bits per heavy atom. The molecule has 1 heterocycles. The van der Waals surface area contributed by atoms with E-state index in [1.807, 2.05) is 36.4 Å². The molecule has 0 bridgehead atoms. The van der Waals surface area contributed by atoms with Crippen LogP contribution in [0, 0.1) is 11.3 Å². The SMILES string of the molecule is CC(NCc1cccc(OCc2ccccc2C#N)c1)C(C)N1CCOCC1. The molecule has 0 spiro atoms. The average Bonchev–Trinajstić information content (AvgIpc) is 2.76. The van der Waals surface area contributed by atoms with E-state index in [1.54, 1.807) is 0 Å². The molecule has 1 saturated heterocycles. The van der Waals surface area contributed by atoms with Crippen molar-refractivity contribution in [1.82, 2.24) is 10.2 Å². The average molecular weight is 380 g/mol. The lowest BCUT2D eigenvalue weighted by atomic mass is 10.1. The highest BCUT2D eigenvalue weighted by Crippen LogP contribution is 2.17.